The summed E-state index contributed by atoms with van der Waals surface area (Å²) >= 11 is 8.04. The Morgan fingerprint density at radius 3 is 2.52 bits per heavy atom. The van der Waals surface area contributed by atoms with E-state index in [1.807, 2.05) is 25.1 Å². The molecule has 0 aliphatic carbocycles. The van der Waals surface area contributed by atoms with E-state index >= 15 is 0 Å². The first kappa shape index (κ1) is 19.4. The predicted octanol–water partition coefficient (Wildman–Crippen LogP) is 5.67. The van der Waals surface area contributed by atoms with Gasteiger partial charge in [-0.3, -0.25) is 0 Å². The number of rotatable bonds is 6. The van der Waals surface area contributed by atoms with Gasteiger partial charge in [0.2, 0.25) is 0 Å². The van der Waals surface area contributed by atoms with Crippen LogP contribution in [0.5, 0.6) is 0 Å². The summed E-state index contributed by atoms with van der Waals surface area (Å²) in [5.74, 6) is 0.268. The number of carbonyl (C=O) groups is 1. The highest BCUT2D eigenvalue weighted by atomic mass is 35.5. The van der Waals surface area contributed by atoms with Crippen LogP contribution < -0.4 is 5.32 Å². The van der Waals surface area contributed by atoms with Gasteiger partial charge in [0, 0.05) is 17.0 Å². The Morgan fingerprint density at radius 2 is 1.83 bits per heavy atom. The molecule has 0 radical (unpaired) electrons. The van der Waals surface area contributed by atoms with Crippen molar-refractivity contribution < 1.29 is 9.90 Å². The number of aryl methyl sites for hydroxylation is 1. The van der Waals surface area contributed by atoms with Gasteiger partial charge in [0.05, 0.1) is 16.0 Å². The minimum atomic E-state index is -0.961. The molecule has 0 aliphatic heterocycles. The second-order valence-corrected chi connectivity index (χ2v) is 8.17. The molecule has 2 heterocycles. The van der Waals surface area contributed by atoms with Gasteiger partial charge in [-0.25, -0.2) is 14.8 Å². The average Bonchev–Trinajstić information content (AvgIpc) is 3.02. The lowest BCUT2D eigenvalue weighted by molar-refractivity contribution is 0.0697. The van der Waals surface area contributed by atoms with Crippen LogP contribution in [0.1, 0.15) is 20.8 Å². The number of halogens is 1. The molecule has 0 spiro atoms. The van der Waals surface area contributed by atoms with E-state index in [9.17, 15) is 4.79 Å². The van der Waals surface area contributed by atoms with Crippen LogP contribution in [0.4, 0.5) is 5.82 Å². The van der Waals surface area contributed by atoms with E-state index in [4.69, 9.17) is 21.7 Å². The molecule has 0 fully saturated rings. The fraction of sp³-hybridized carbons (Fsp3) is 0.136. The standard InChI is InChI=1S/C22H18ClN3O2S/c1-13-18(23)17-20(24-12-11-14-5-3-2-4-6-14)25-19(26-21(17)29-13)15-7-9-16(10-8-15)22(27)28/h2-10H,11-12H2,1H3,(H,27,28)(H,24,25,26). The quantitative estimate of drug-likeness (QED) is 0.417. The summed E-state index contributed by atoms with van der Waals surface area (Å²) in [6.07, 6.45) is 0.857. The molecule has 2 aromatic carbocycles. The highest BCUT2D eigenvalue weighted by Gasteiger charge is 2.17. The number of aromatic carboxylic acids is 1. The predicted molar refractivity (Wildman–Crippen MR) is 118 cm³/mol. The molecule has 4 aromatic rings. The van der Waals surface area contributed by atoms with Gasteiger partial charge in [-0.2, -0.15) is 0 Å². The summed E-state index contributed by atoms with van der Waals surface area (Å²) in [4.78, 5) is 22.3. The first-order chi connectivity index (χ1) is 14.0. The lowest BCUT2D eigenvalue weighted by atomic mass is 10.1. The largest absolute Gasteiger partial charge is 0.478 e. The number of carboxylic acid groups (broad SMARTS) is 1. The topological polar surface area (TPSA) is 75.1 Å². The van der Waals surface area contributed by atoms with E-state index in [-0.39, 0.29) is 5.56 Å². The summed E-state index contributed by atoms with van der Waals surface area (Å²) in [5.41, 5.74) is 2.22. The number of fused-ring (bicyclic) bond motifs is 1. The van der Waals surface area contributed by atoms with Crippen molar-refractivity contribution >= 4 is 44.9 Å². The Morgan fingerprint density at radius 1 is 1.10 bits per heavy atom. The van der Waals surface area contributed by atoms with Crippen LogP contribution in [-0.4, -0.2) is 27.6 Å². The maximum Gasteiger partial charge on any atom is 0.335 e. The zero-order valence-corrected chi connectivity index (χ0v) is 17.2. The SMILES string of the molecule is Cc1sc2nc(-c3ccc(C(=O)O)cc3)nc(NCCc3ccccc3)c2c1Cl. The molecule has 0 bridgehead atoms. The van der Waals surface area contributed by atoms with E-state index < -0.39 is 5.97 Å². The number of aromatic nitrogens is 2. The van der Waals surface area contributed by atoms with Crippen molar-refractivity contribution in [3.63, 3.8) is 0 Å². The fourth-order valence-electron chi connectivity index (χ4n) is 3.07. The van der Waals surface area contributed by atoms with Crippen molar-refractivity contribution in [2.45, 2.75) is 13.3 Å². The third kappa shape index (κ3) is 4.09. The van der Waals surface area contributed by atoms with Crippen LogP contribution in [-0.2, 0) is 6.42 Å². The summed E-state index contributed by atoms with van der Waals surface area (Å²) < 4.78 is 0. The van der Waals surface area contributed by atoms with Crippen LogP contribution in [0.3, 0.4) is 0 Å². The normalized spacial score (nSPS) is 11.0. The number of anilines is 1. The summed E-state index contributed by atoms with van der Waals surface area (Å²) in [6, 6.07) is 16.8. The lowest BCUT2D eigenvalue weighted by Gasteiger charge is -2.10. The molecule has 0 saturated carbocycles. The van der Waals surface area contributed by atoms with Crippen LogP contribution in [0.25, 0.3) is 21.6 Å². The average molecular weight is 424 g/mol. The van der Waals surface area contributed by atoms with Crippen molar-refractivity contribution in [2.24, 2.45) is 0 Å². The minimum Gasteiger partial charge on any atom is -0.478 e. The fourth-order valence-corrected chi connectivity index (χ4v) is 4.33. The first-order valence-corrected chi connectivity index (χ1v) is 10.3. The Kier molecular flexibility index (Phi) is 5.47. The van der Waals surface area contributed by atoms with Crippen LogP contribution >= 0.6 is 22.9 Å². The van der Waals surface area contributed by atoms with Gasteiger partial charge in [-0.1, -0.05) is 54.1 Å². The molecule has 29 heavy (non-hydrogen) atoms. The number of nitrogens with zero attached hydrogens (tertiary/aromatic N) is 2. The highest BCUT2D eigenvalue weighted by molar-refractivity contribution is 7.19. The summed E-state index contributed by atoms with van der Waals surface area (Å²) in [5, 5.41) is 14.0. The van der Waals surface area contributed by atoms with E-state index in [0.29, 0.717) is 23.2 Å². The second-order valence-electron chi connectivity index (χ2n) is 6.59. The Bertz CT molecular complexity index is 1170. The Balaban J connectivity index is 1.68. The van der Waals surface area contributed by atoms with Crippen LogP contribution in [0.2, 0.25) is 5.02 Å². The number of hydrogen-bond acceptors (Lipinski definition) is 5. The maximum atomic E-state index is 11.1. The molecule has 0 unspecified atom stereocenters. The molecule has 0 saturated heterocycles. The van der Waals surface area contributed by atoms with Crippen molar-refractivity contribution in [1.82, 2.24) is 9.97 Å². The van der Waals surface area contributed by atoms with Gasteiger partial charge in [0.25, 0.3) is 0 Å². The van der Waals surface area contributed by atoms with Crippen molar-refractivity contribution in [2.75, 3.05) is 11.9 Å². The molecule has 7 heteroatoms. The summed E-state index contributed by atoms with van der Waals surface area (Å²) in [6.45, 7) is 2.67. The van der Waals surface area contributed by atoms with E-state index in [2.05, 4.69) is 22.4 Å². The molecule has 0 atom stereocenters. The first-order valence-electron chi connectivity index (χ1n) is 9.11. The van der Waals surface area contributed by atoms with Gasteiger partial charge in [-0.15, -0.1) is 11.3 Å². The molecule has 146 valence electrons. The molecular formula is C22H18ClN3O2S. The Labute approximate surface area is 177 Å². The molecule has 2 N–H and O–H groups in total. The highest BCUT2D eigenvalue weighted by Crippen LogP contribution is 2.38. The van der Waals surface area contributed by atoms with Gasteiger partial charge in [0.1, 0.15) is 10.6 Å². The van der Waals surface area contributed by atoms with Gasteiger partial charge < -0.3 is 10.4 Å². The van der Waals surface area contributed by atoms with E-state index in [1.165, 1.54) is 16.9 Å². The maximum absolute atomic E-state index is 11.1. The zero-order valence-electron chi connectivity index (χ0n) is 15.6. The van der Waals surface area contributed by atoms with Crippen LogP contribution in [0, 0.1) is 6.92 Å². The molecule has 0 amide bonds. The smallest absolute Gasteiger partial charge is 0.335 e. The molecular weight excluding hydrogens is 406 g/mol. The molecule has 4 rings (SSSR count). The second kappa shape index (κ2) is 8.19. The molecule has 5 nitrogen and oxygen atoms in total. The number of nitrogens with one attached hydrogen (secondary N) is 1. The monoisotopic (exact) mass is 423 g/mol. The number of benzene rings is 2. The van der Waals surface area contributed by atoms with Crippen LogP contribution in [0.15, 0.2) is 54.6 Å². The third-order valence-corrected chi connectivity index (χ3v) is 6.18. The zero-order chi connectivity index (χ0) is 20.4. The van der Waals surface area contributed by atoms with E-state index in [1.54, 1.807) is 24.3 Å². The number of carboxylic acids is 1. The minimum absolute atomic E-state index is 0.228. The number of hydrogen-bond donors (Lipinski definition) is 2. The van der Waals surface area contributed by atoms with E-state index in [0.717, 1.165) is 27.1 Å². The molecule has 0 aliphatic rings. The Hall–Kier alpha value is -2.96. The van der Waals surface area contributed by atoms with Crippen molar-refractivity contribution in [3.05, 3.63) is 75.6 Å². The summed E-state index contributed by atoms with van der Waals surface area (Å²) in [7, 11) is 0. The van der Waals surface area contributed by atoms with Crippen molar-refractivity contribution in [1.29, 1.82) is 0 Å². The van der Waals surface area contributed by atoms with Crippen molar-refractivity contribution in [3.8, 4) is 11.4 Å². The van der Waals surface area contributed by atoms with Gasteiger partial charge in [0.15, 0.2) is 5.82 Å². The lowest BCUT2D eigenvalue weighted by Crippen LogP contribution is -2.08. The number of thiophene rings is 1. The molecule has 2 aromatic heterocycles. The third-order valence-electron chi connectivity index (χ3n) is 4.59. The van der Waals surface area contributed by atoms with Gasteiger partial charge >= 0.3 is 5.97 Å². The van der Waals surface area contributed by atoms with Gasteiger partial charge in [-0.05, 0) is 31.0 Å².